The minimum absolute atomic E-state index is 0.136. The van der Waals surface area contributed by atoms with Gasteiger partial charge in [-0.05, 0) is 38.0 Å². The van der Waals surface area contributed by atoms with Gasteiger partial charge in [-0.25, -0.2) is 4.79 Å². The Bertz CT molecular complexity index is 670. The summed E-state index contributed by atoms with van der Waals surface area (Å²) < 4.78 is 16.3. The van der Waals surface area contributed by atoms with Crippen LogP contribution in [0.25, 0.3) is 5.76 Å². The maximum absolute atomic E-state index is 11.5. The van der Waals surface area contributed by atoms with Crippen molar-refractivity contribution in [2.75, 3.05) is 20.3 Å². The van der Waals surface area contributed by atoms with E-state index in [-0.39, 0.29) is 11.9 Å². The highest BCUT2D eigenvalue weighted by Gasteiger charge is 2.29. The summed E-state index contributed by atoms with van der Waals surface area (Å²) in [5, 5.41) is 0. The summed E-state index contributed by atoms with van der Waals surface area (Å²) in [5.74, 6) is 1.38. The number of hydrogen-bond acceptors (Lipinski definition) is 4. The molecule has 4 nitrogen and oxygen atoms in total. The van der Waals surface area contributed by atoms with Gasteiger partial charge in [0.25, 0.3) is 0 Å². The monoisotopic (exact) mass is 328 g/mol. The third-order valence-electron chi connectivity index (χ3n) is 3.93. The van der Waals surface area contributed by atoms with E-state index in [1.54, 1.807) is 14.0 Å². The Morgan fingerprint density at radius 2 is 2.17 bits per heavy atom. The second-order valence-corrected chi connectivity index (χ2v) is 5.62. The number of allylic oxidation sites excluding steroid dienone is 1. The molecule has 0 fully saturated rings. The smallest absolute Gasteiger partial charge is 0.330 e. The molecule has 0 aromatic heterocycles. The molecule has 0 amide bonds. The fourth-order valence-corrected chi connectivity index (χ4v) is 2.75. The zero-order valence-electron chi connectivity index (χ0n) is 14.5. The van der Waals surface area contributed by atoms with Gasteiger partial charge >= 0.3 is 5.97 Å². The minimum Gasteiger partial charge on any atom is -0.496 e. The molecule has 24 heavy (non-hydrogen) atoms. The molecule has 4 heteroatoms. The van der Waals surface area contributed by atoms with Crippen molar-refractivity contribution in [1.29, 1.82) is 0 Å². The van der Waals surface area contributed by atoms with E-state index in [2.05, 4.69) is 6.58 Å². The predicted molar refractivity (Wildman–Crippen MR) is 94.6 cm³/mol. The van der Waals surface area contributed by atoms with Crippen molar-refractivity contribution in [3.8, 4) is 5.75 Å². The predicted octanol–water partition coefficient (Wildman–Crippen LogP) is 4.14. The second kappa shape index (κ2) is 8.39. The van der Waals surface area contributed by atoms with E-state index in [4.69, 9.17) is 14.2 Å². The Morgan fingerprint density at radius 1 is 1.42 bits per heavy atom. The lowest BCUT2D eigenvalue weighted by atomic mass is 9.90. The summed E-state index contributed by atoms with van der Waals surface area (Å²) in [6, 6.07) is 7.76. The molecule has 1 aromatic rings. The highest BCUT2D eigenvalue weighted by Crippen LogP contribution is 2.40. The molecule has 0 aliphatic carbocycles. The third kappa shape index (κ3) is 4.07. The number of benzene rings is 1. The first-order valence-electron chi connectivity index (χ1n) is 8.06. The number of ether oxygens (including phenoxy) is 3. The first-order chi connectivity index (χ1) is 11.6. The standard InChI is InChI=1S/C20H24O4/c1-5-23-19(21)12-8-10-15-17(14(2)3)13-24-20(15)16-9-6-7-11-18(16)22-4/h6-9,11-12,17H,2,5,10,13H2,1,3-4H3/b12-8+. The SMILES string of the molecule is C=C(C)C1COC(c2ccccc2OC)=C1C/C=C/C(=O)OCC. The molecule has 0 spiro atoms. The third-order valence-corrected chi connectivity index (χ3v) is 3.93. The number of methoxy groups -OCH3 is 1. The average Bonchev–Trinajstić information content (AvgIpc) is 2.99. The van der Waals surface area contributed by atoms with Crippen molar-refractivity contribution in [1.82, 2.24) is 0 Å². The summed E-state index contributed by atoms with van der Waals surface area (Å²) in [4.78, 5) is 11.5. The lowest BCUT2D eigenvalue weighted by Gasteiger charge is -2.12. The van der Waals surface area contributed by atoms with Crippen LogP contribution < -0.4 is 4.74 Å². The van der Waals surface area contributed by atoms with E-state index >= 15 is 0 Å². The van der Waals surface area contributed by atoms with Crippen LogP contribution in [0.4, 0.5) is 0 Å². The molecule has 1 heterocycles. The molecular formula is C20H24O4. The minimum atomic E-state index is -0.331. The maximum Gasteiger partial charge on any atom is 0.330 e. The second-order valence-electron chi connectivity index (χ2n) is 5.62. The van der Waals surface area contributed by atoms with Gasteiger partial charge in [-0.2, -0.15) is 0 Å². The molecule has 2 rings (SSSR count). The zero-order valence-corrected chi connectivity index (χ0v) is 14.5. The molecule has 1 atom stereocenters. The molecular weight excluding hydrogens is 304 g/mol. The van der Waals surface area contributed by atoms with Crippen LogP contribution in [0.5, 0.6) is 5.75 Å². The lowest BCUT2D eigenvalue weighted by Crippen LogP contribution is -2.05. The fourth-order valence-electron chi connectivity index (χ4n) is 2.75. The van der Waals surface area contributed by atoms with Crippen molar-refractivity contribution >= 4 is 11.7 Å². The summed E-state index contributed by atoms with van der Waals surface area (Å²) in [6.07, 6.45) is 3.88. The van der Waals surface area contributed by atoms with Gasteiger partial charge in [0, 0.05) is 12.0 Å². The Hall–Kier alpha value is -2.49. The number of para-hydroxylation sites is 1. The van der Waals surface area contributed by atoms with Crippen LogP contribution in [-0.2, 0) is 14.3 Å². The van der Waals surface area contributed by atoms with E-state index in [1.807, 2.05) is 37.3 Å². The summed E-state index contributed by atoms with van der Waals surface area (Å²) in [5.41, 5.74) is 3.07. The summed E-state index contributed by atoms with van der Waals surface area (Å²) in [6.45, 7) is 8.78. The molecule has 1 aliphatic heterocycles. The molecule has 0 N–H and O–H groups in total. The normalized spacial score (nSPS) is 17.0. The largest absolute Gasteiger partial charge is 0.496 e. The molecule has 0 saturated heterocycles. The van der Waals surface area contributed by atoms with E-state index in [0.29, 0.717) is 19.6 Å². The fraction of sp³-hybridized carbons (Fsp3) is 0.350. The summed E-state index contributed by atoms with van der Waals surface area (Å²) in [7, 11) is 1.64. The molecule has 128 valence electrons. The number of rotatable bonds is 7. The van der Waals surface area contributed by atoms with Crippen LogP contribution in [-0.4, -0.2) is 26.3 Å². The zero-order chi connectivity index (χ0) is 17.5. The Morgan fingerprint density at radius 3 is 2.83 bits per heavy atom. The number of hydrogen-bond donors (Lipinski definition) is 0. The van der Waals surface area contributed by atoms with E-state index < -0.39 is 0 Å². The molecule has 0 saturated carbocycles. The Kier molecular flexibility index (Phi) is 6.24. The van der Waals surface area contributed by atoms with Gasteiger partial charge in [-0.15, -0.1) is 0 Å². The average molecular weight is 328 g/mol. The highest BCUT2D eigenvalue weighted by molar-refractivity contribution is 5.82. The maximum atomic E-state index is 11.5. The van der Waals surface area contributed by atoms with Gasteiger partial charge < -0.3 is 14.2 Å². The van der Waals surface area contributed by atoms with Gasteiger partial charge in [0.1, 0.15) is 11.5 Å². The summed E-state index contributed by atoms with van der Waals surface area (Å²) >= 11 is 0. The molecule has 1 unspecified atom stereocenters. The molecule has 1 aromatic carbocycles. The van der Waals surface area contributed by atoms with Crippen molar-refractivity contribution in [2.24, 2.45) is 5.92 Å². The van der Waals surface area contributed by atoms with E-state index in [0.717, 1.165) is 28.2 Å². The van der Waals surface area contributed by atoms with Crippen molar-refractivity contribution in [2.45, 2.75) is 20.3 Å². The number of carbonyl (C=O) groups is 1. The van der Waals surface area contributed by atoms with Crippen LogP contribution in [0.3, 0.4) is 0 Å². The van der Waals surface area contributed by atoms with Crippen LogP contribution in [0.2, 0.25) is 0 Å². The first kappa shape index (κ1) is 17.9. The van der Waals surface area contributed by atoms with Gasteiger partial charge in [0.2, 0.25) is 0 Å². The highest BCUT2D eigenvalue weighted by atomic mass is 16.5. The van der Waals surface area contributed by atoms with Crippen molar-refractivity contribution in [3.05, 3.63) is 59.7 Å². The van der Waals surface area contributed by atoms with Crippen LogP contribution in [0.1, 0.15) is 25.8 Å². The molecule has 1 aliphatic rings. The van der Waals surface area contributed by atoms with Gasteiger partial charge in [-0.1, -0.05) is 30.4 Å². The Balaban J connectivity index is 2.34. The topological polar surface area (TPSA) is 44.8 Å². The lowest BCUT2D eigenvalue weighted by molar-refractivity contribution is -0.137. The van der Waals surface area contributed by atoms with Crippen LogP contribution in [0.15, 0.2) is 54.1 Å². The van der Waals surface area contributed by atoms with E-state index in [9.17, 15) is 4.79 Å². The van der Waals surface area contributed by atoms with Crippen LogP contribution >= 0.6 is 0 Å². The number of esters is 1. The van der Waals surface area contributed by atoms with E-state index in [1.165, 1.54) is 6.08 Å². The molecule has 0 bridgehead atoms. The molecule has 0 radical (unpaired) electrons. The van der Waals surface area contributed by atoms with Gasteiger partial charge in [0.05, 0.1) is 25.9 Å². The first-order valence-corrected chi connectivity index (χ1v) is 8.06. The quantitative estimate of drug-likeness (QED) is 0.429. The van der Waals surface area contributed by atoms with Gasteiger partial charge in [0.15, 0.2) is 0 Å². The Labute approximate surface area is 143 Å². The van der Waals surface area contributed by atoms with Crippen LogP contribution in [0, 0.1) is 5.92 Å². The number of carbonyl (C=O) groups excluding carboxylic acids is 1. The van der Waals surface area contributed by atoms with Crippen molar-refractivity contribution < 1.29 is 19.0 Å². The van der Waals surface area contributed by atoms with Gasteiger partial charge in [-0.3, -0.25) is 0 Å². The van der Waals surface area contributed by atoms with Crippen molar-refractivity contribution in [3.63, 3.8) is 0 Å².